The summed E-state index contributed by atoms with van der Waals surface area (Å²) in [6.45, 7) is 4.18. The first-order valence-electron chi connectivity index (χ1n) is 8.08. The second-order valence-electron chi connectivity index (χ2n) is 5.47. The largest absolute Gasteiger partial charge is 2.00 e. The number of carbonyl (C=O) groups is 2. The smallest absolute Gasteiger partial charge is 0.545 e. The summed E-state index contributed by atoms with van der Waals surface area (Å²) in [5.74, 6) is -2.23. The Labute approximate surface area is 189 Å². The fraction of sp³-hybridized carbons (Fsp3) is 0.300. The standard InChI is InChI=1S/2C10H12O2.Ba/c2*1-2-3-8-4-6-9(7-5-8)10(11)12;/h2*4-7H,2-3H2,1H3,(H,11,12);/q;;+2/p-2. The van der Waals surface area contributed by atoms with Crippen LogP contribution in [0.4, 0.5) is 0 Å². The molecule has 0 saturated heterocycles. The van der Waals surface area contributed by atoms with Crippen LogP contribution in [0.1, 0.15) is 58.5 Å². The normalized spacial score (nSPS) is 9.36. The predicted octanol–water partition coefficient (Wildman–Crippen LogP) is 1.62. The molecule has 0 heterocycles. The minimum absolute atomic E-state index is 0. The zero-order chi connectivity index (χ0) is 17.9. The number of carboxylic acids is 2. The molecule has 2 aromatic carbocycles. The molecule has 0 spiro atoms. The first-order chi connectivity index (χ1) is 11.5. The maximum absolute atomic E-state index is 10.4. The van der Waals surface area contributed by atoms with Gasteiger partial charge in [-0.1, -0.05) is 75.2 Å². The van der Waals surface area contributed by atoms with Crippen molar-refractivity contribution in [3.05, 3.63) is 70.8 Å². The molecule has 0 radical (unpaired) electrons. The average Bonchev–Trinajstić information content (AvgIpc) is 2.57. The van der Waals surface area contributed by atoms with Gasteiger partial charge in [-0.05, 0) is 35.1 Å². The van der Waals surface area contributed by atoms with Crippen molar-refractivity contribution in [1.29, 1.82) is 0 Å². The van der Waals surface area contributed by atoms with Gasteiger partial charge in [0.2, 0.25) is 0 Å². The van der Waals surface area contributed by atoms with Crippen molar-refractivity contribution < 1.29 is 19.8 Å². The van der Waals surface area contributed by atoms with E-state index in [1.54, 1.807) is 24.3 Å². The number of carbonyl (C=O) groups excluding carboxylic acids is 2. The van der Waals surface area contributed by atoms with E-state index < -0.39 is 11.9 Å². The van der Waals surface area contributed by atoms with Gasteiger partial charge in [0, 0.05) is 0 Å². The van der Waals surface area contributed by atoms with Crippen LogP contribution in [0.25, 0.3) is 0 Å². The van der Waals surface area contributed by atoms with Crippen molar-refractivity contribution in [2.75, 3.05) is 0 Å². The Balaban J connectivity index is 0.000000443. The van der Waals surface area contributed by atoms with Gasteiger partial charge in [-0.2, -0.15) is 0 Å². The average molecular weight is 464 g/mol. The third-order valence-corrected chi connectivity index (χ3v) is 3.46. The van der Waals surface area contributed by atoms with Crippen molar-refractivity contribution in [1.82, 2.24) is 0 Å². The summed E-state index contributed by atoms with van der Waals surface area (Å²) in [5.41, 5.74) is 2.83. The molecule has 0 unspecified atom stereocenters. The zero-order valence-corrected chi connectivity index (χ0v) is 19.2. The van der Waals surface area contributed by atoms with E-state index in [-0.39, 0.29) is 60.0 Å². The Hall–Kier alpha value is -1.05. The van der Waals surface area contributed by atoms with Crippen LogP contribution in [-0.2, 0) is 12.8 Å². The quantitative estimate of drug-likeness (QED) is 0.610. The summed E-state index contributed by atoms with van der Waals surface area (Å²) < 4.78 is 0. The summed E-state index contributed by atoms with van der Waals surface area (Å²) in [5, 5.41) is 20.7. The van der Waals surface area contributed by atoms with E-state index in [9.17, 15) is 19.8 Å². The van der Waals surface area contributed by atoms with Gasteiger partial charge >= 0.3 is 48.9 Å². The molecule has 0 aliphatic carbocycles. The Morgan fingerprint density at radius 2 is 0.960 bits per heavy atom. The van der Waals surface area contributed by atoms with Crippen LogP contribution in [0.3, 0.4) is 0 Å². The van der Waals surface area contributed by atoms with E-state index in [4.69, 9.17) is 0 Å². The molecular formula is C20H22BaO4. The Bertz CT molecular complexity index is 589. The van der Waals surface area contributed by atoms with E-state index in [1.165, 1.54) is 11.1 Å². The molecule has 5 heteroatoms. The topological polar surface area (TPSA) is 80.3 Å². The Morgan fingerprint density at radius 1 is 0.680 bits per heavy atom. The fourth-order valence-electron chi connectivity index (χ4n) is 2.19. The molecule has 0 fully saturated rings. The number of rotatable bonds is 6. The summed E-state index contributed by atoms with van der Waals surface area (Å²) >= 11 is 0. The van der Waals surface area contributed by atoms with Crippen LogP contribution in [-0.4, -0.2) is 60.8 Å². The molecule has 0 N–H and O–H groups in total. The summed E-state index contributed by atoms with van der Waals surface area (Å²) in [7, 11) is 0. The number of hydrogen-bond donors (Lipinski definition) is 0. The molecule has 2 rings (SSSR count). The van der Waals surface area contributed by atoms with Crippen LogP contribution < -0.4 is 10.2 Å². The van der Waals surface area contributed by atoms with Crippen molar-refractivity contribution in [2.45, 2.75) is 39.5 Å². The molecule has 2 aromatic rings. The molecule has 0 amide bonds. The molecular weight excluding hydrogens is 442 g/mol. The molecule has 128 valence electrons. The van der Waals surface area contributed by atoms with Crippen LogP contribution >= 0.6 is 0 Å². The third kappa shape index (κ3) is 9.28. The number of carboxylic acid groups (broad SMARTS) is 2. The molecule has 0 aliphatic rings. The van der Waals surface area contributed by atoms with Gasteiger partial charge in [0.25, 0.3) is 0 Å². The zero-order valence-electron chi connectivity index (χ0n) is 14.8. The van der Waals surface area contributed by atoms with Gasteiger partial charge in [0.05, 0.1) is 11.9 Å². The number of aromatic carboxylic acids is 2. The van der Waals surface area contributed by atoms with E-state index in [0.29, 0.717) is 0 Å². The molecule has 0 aromatic heterocycles. The minimum atomic E-state index is -1.11. The van der Waals surface area contributed by atoms with Gasteiger partial charge in [0.15, 0.2) is 0 Å². The Kier molecular flexibility index (Phi) is 12.6. The number of benzene rings is 2. The summed E-state index contributed by atoms with van der Waals surface area (Å²) in [4.78, 5) is 20.7. The van der Waals surface area contributed by atoms with E-state index in [1.807, 2.05) is 24.3 Å². The molecule has 0 saturated carbocycles. The molecule has 25 heavy (non-hydrogen) atoms. The third-order valence-electron chi connectivity index (χ3n) is 3.46. The van der Waals surface area contributed by atoms with Gasteiger partial charge in [-0.25, -0.2) is 0 Å². The van der Waals surface area contributed by atoms with E-state index >= 15 is 0 Å². The molecule has 0 aliphatic heterocycles. The first kappa shape index (κ1) is 24.0. The van der Waals surface area contributed by atoms with Crippen LogP contribution in [0.2, 0.25) is 0 Å². The van der Waals surface area contributed by atoms with Gasteiger partial charge in [-0.15, -0.1) is 0 Å². The summed E-state index contributed by atoms with van der Waals surface area (Å²) in [6, 6.07) is 13.6. The maximum atomic E-state index is 10.4. The first-order valence-corrected chi connectivity index (χ1v) is 8.08. The van der Waals surface area contributed by atoms with Crippen LogP contribution in [0.5, 0.6) is 0 Å². The summed E-state index contributed by atoms with van der Waals surface area (Å²) in [6.07, 6.45) is 4.13. The van der Waals surface area contributed by atoms with Crippen molar-refractivity contribution >= 4 is 60.8 Å². The van der Waals surface area contributed by atoms with Crippen LogP contribution in [0.15, 0.2) is 48.5 Å². The second kappa shape index (κ2) is 13.2. The monoisotopic (exact) mass is 464 g/mol. The van der Waals surface area contributed by atoms with Gasteiger partial charge in [-0.3, -0.25) is 0 Å². The number of aryl methyl sites for hydroxylation is 2. The fourth-order valence-corrected chi connectivity index (χ4v) is 2.19. The second-order valence-corrected chi connectivity index (χ2v) is 5.47. The van der Waals surface area contributed by atoms with Crippen molar-refractivity contribution in [3.63, 3.8) is 0 Å². The molecule has 4 nitrogen and oxygen atoms in total. The SMILES string of the molecule is CCCc1ccc(C(=O)[O-])cc1.CCCc1ccc(C(=O)[O-])cc1.[Ba+2]. The van der Waals surface area contributed by atoms with Crippen molar-refractivity contribution in [2.24, 2.45) is 0 Å². The van der Waals surface area contributed by atoms with Gasteiger partial charge in [0.1, 0.15) is 0 Å². The maximum Gasteiger partial charge on any atom is 2.00 e. The number of hydrogen-bond acceptors (Lipinski definition) is 4. The predicted molar refractivity (Wildman–Crippen MR) is 95.3 cm³/mol. The molecule has 0 bridgehead atoms. The van der Waals surface area contributed by atoms with E-state index in [2.05, 4.69) is 13.8 Å². The Morgan fingerprint density at radius 3 is 1.16 bits per heavy atom. The van der Waals surface area contributed by atoms with Crippen LogP contribution in [0, 0.1) is 0 Å². The van der Waals surface area contributed by atoms with E-state index in [0.717, 1.165) is 25.7 Å². The van der Waals surface area contributed by atoms with Gasteiger partial charge < -0.3 is 19.8 Å². The minimum Gasteiger partial charge on any atom is -0.545 e. The van der Waals surface area contributed by atoms with Crippen molar-refractivity contribution in [3.8, 4) is 0 Å². The molecule has 0 atom stereocenters.